The van der Waals surface area contributed by atoms with Crippen molar-refractivity contribution in [3.05, 3.63) is 277 Å². The van der Waals surface area contributed by atoms with Gasteiger partial charge in [0.15, 0.2) is 0 Å². The standard InChI is InChI=1S/C29H21.C17H17.C13H10.Zr/c1-5-13-22(14-6-1)26-21-27(23-15-7-2-8-16-23)29(25-19-11-4-12-20-25)28(26)24-17-9-3-10-18-24;1-3-12-5-7-16-14(9-12)11-15-10-13(4-2)6-8-17(15)16;1-3-7-12(8-4-1)11-13-9-5-2-6-10-13;/h1-20,26H;5-11H,3-4H2,1-2H3;1-10H;. The maximum atomic E-state index is 2.60. The topological polar surface area (TPSA) is 0 Å². The third-order valence-electron chi connectivity index (χ3n) is 12.6. The van der Waals surface area contributed by atoms with Crippen LogP contribution < -0.4 is 0 Å². The summed E-state index contributed by atoms with van der Waals surface area (Å²) in [4.78, 5) is 0. The van der Waals surface area contributed by atoms with Gasteiger partial charge in [-0.05, 0) is 0 Å². The summed E-state index contributed by atoms with van der Waals surface area (Å²) in [6, 6.07) is 83.2. The molecule has 0 amide bonds. The number of hydrogen-bond acceptors (Lipinski definition) is 0. The number of allylic oxidation sites excluding steroid dienone is 4. The molecule has 60 heavy (non-hydrogen) atoms. The van der Waals surface area contributed by atoms with Gasteiger partial charge in [0.1, 0.15) is 0 Å². The first-order chi connectivity index (χ1) is 29.7. The van der Waals surface area contributed by atoms with Crippen LogP contribution in [0.4, 0.5) is 0 Å². The van der Waals surface area contributed by atoms with E-state index in [4.69, 9.17) is 0 Å². The van der Waals surface area contributed by atoms with Gasteiger partial charge in [-0.1, -0.05) is 0 Å². The second-order valence-corrected chi connectivity index (χ2v) is 22.0. The summed E-state index contributed by atoms with van der Waals surface area (Å²) < 4.78 is 3.43. The molecular weight excluding hydrogens is 800 g/mol. The maximum absolute atomic E-state index is 3.47. The van der Waals surface area contributed by atoms with E-state index in [0.29, 0.717) is 0 Å². The van der Waals surface area contributed by atoms with Crippen molar-refractivity contribution in [1.29, 1.82) is 0 Å². The zero-order valence-corrected chi connectivity index (χ0v) is 36.8. The fourth-order valence-electron chi connectivity index (χ4n) is 9.94. The summed E-state index contributed by atoms with van der Waals surface area (Å²) in [5, 5.41) is 0. The van der Waals surface area contributed by atoms with Crippen LogP contribution in [0.5, 0.6) is 0 Å². The molecule has 0 saturated heterocycles. The number of rotatable bonds is 10. The van der Waals surface area contributed by atoms with Crippen LogP contribution in [0.3, 0.4) is 0 Å². The fraction of sp³-hybridized carbons (Fsp3) is 0.102. The molecule has 2 aliphatic carbocycles. The third-order valence-corrected chi connectivity index (χ3v) is 21.1. The van der Waals surface area contributed by atoms with Crippen LogP contribution in [0.25, 0.3) is 27.8 Å². The van der Waals surface area contributed by atoms with Gasteiger partial charge in [0.2, 0.25) is 0 Å². The summed E-state index contributed by atoms with van der Waals surface area (Å²) in [6.07, 6.45) is 2.01. The van der Waals surface area contributed by atoms with Crippen molar-refractivity contribution < 1.29 is 21.3 Å². The van der Waals surface area contributed by atoms with E-state index in [1.54, 1.807) is 6.49 Å². The summed E-state index contributed by atoms with van der Waals surface area (Å²) >= 11 is -3.47. The van der Waals surface area contributed by atoms with Gasteiger partial charge in [0.25, 0.3) is 0 Å². The van der Waals surface area contributed by atoms with Crippen LogP contribution in [0.15, 0.2) is 222 Å². The molecule has 0 spiro atoms. The predicted octanol–water partition coefficient (Wildman–Crippen LogP) is 14.6. The Bertz CT molecular complexity index is 2790. The molecule has 8 aromatic rings. The van der Waals surface area contributed by atoms with Crippen LogP contribution in [-0.4, -0.2) is 3.21 Å². The average Bonchev–Trinajstić information content (AvgIpc) is 3.85. The molecule has 0 saturated carbocycles. The molecule has 0 bridgehead atoms. The predicted molar refractivity (Wildman–Crippen MR) is 251 cm³/mol. The Morgan fingerprint density at radius 2 is 0.817 bits per heavy atom. The number of benzene rings is 8. The Kier molecular flexibility index (Phi) is 10.8. The van der Waals surface area contributed by atoms with Gasteiger partial charge < -0.3 is 0 Å². The molecule has 0 aromatic heterocycles. The van der Waals surface area contributed by atoms with Crippen molar-refractivity contribution in [1.82, 2.24) is 0 Å². The molecule has 288 valence electrons. The molecule has 8 aromatic carbocycles. The Balaban J connectivity index is 1.46. The fourth-order valence-corrected chi connectivity index (χ4v) is 20.0. The summed E-state index contributed by atoms with van der Waals surface area (Å²) in [6.45, 7) is 4.61. The minimum atomic E-state index is -3.47. The monoisotopic (exact) mass is 846 g/mol. The zero-order chi connectivity index (χ0) is 40.4. The Morgan fingerprint density at radius 1 is 0.417 bits per heavy atom. The Labute approximate surface area is 363 Å². The quantitative estimate of drug-likeness (QED) is 0.129. The van der Waals surface area contributed by atoms with Crippen LogP contribution in [0.1, 0.15) is 79.0 Å². The van der Waals surface area contributed by atoms with E-state index >= 15 is 0 Å². The van der Waals surface area contributed by atoms with Gasteiger partial charge in [-0.25, -0.2) is 0 Å². The number of fused-ring (bicyclic) bond motifs is 3. The molecule has 10 rings (SSSR count). The first-order valence-electron chi connectivity index (χ1n) is 21.5. The van der Waals surface area contributed by atoms with Gasteiger partial charge in [-0.15, -0.1) is 0 Å². The van der Waals surface area contributed by atoms with Crippen molar-refractivity contribution in [3.8, 4) is 11.1 Å². The summed E-state index contributed by atoms with van der Waals surface area (Å²) in [7, 11) is 0. The van der Waals surface area contributed by atoms with E-state index in [2.05, 4.69) is 232 Å². The normalized spacial score (nSPS) is 14.6. The van der Waals surface area contributed by atoms with Gasteiger partial charge >= 0.3 is 366 Å². The molecule has 2 aliphatic rings. The molecule has 1 heteroatoms. The van der Waals surface area contributed by atoms with Crippen LogP contribution >= 0.6 is 0 Å². The molecule has 0 nitrogen and oxygen atoms in total. The van der Waals surface area contributed by atoms with E-state index in [0.717, 1.165) is 12.8 Å². The molecule has 0 fully saturated rings. The van der Waals surface area contributed by atoms with Gasteiger partial charge in [-0.3, -0.25) is 0 Å². The molecule has 1 unspecified atom stereocenters. The van der Waals surface area contributed by atoms with Gasteiger partial charge in [-0.2, -0.15) is 0 Å². The van der Waals surface area contributed by atoms with Crippen LogP contribution in [-0.2, 0) is 34.1 Å². The van der Waals surface area contributed by atoms with Crippen LogP contribution in [0.2, 0.25) is 0 Å². The van der Waals surface area contributed by atoms with Crippen LogP contribution in [0, 0.1) is 0 Å². The third kappa shape index (κ3) is 6.90. The molecule has 0 radical (unpaired) electrons. The van der Waals surface area contributed by atoms with Crippen molar-refractivity contribution in [3.63, 3.8) is 0 Å². The Morgan fingerprint density at radius 3 is 1.27 bits per heavy atom. The Hall–Kier alpha value is -6.01. The van der Waals surface area contributed by atoms with Gasteiger partial charge in [0, 0.05) is 0 Å². The second-order valence-electron chi connectivity index (χ2n) is 16.0. The number of aryl methyl sites for hydroxylation is 2. The summed E-state index contributed by atoms with van der Waals surface area (Å²) in [5.74, 6) is 0.0343. The zero-order valence-electron chi connectivity index (χ0n) is 34.4. The van der Waals surface area contributed by atoms with Gasteiger partial charge in [0.05, 0.1) is 0 Å². The van der Waals surface area contributed by atoms with E-state index in [-0.39, 0.29) is 9.54 Å². The van der Waals surface area contributed by atoms with Crippen molar-refractivity contribution >= 4 is 19.9 Å². The molecular formula is C59H48Zr. The van der Waals surface area contributed by atoms with Crippen molar-refractivity contribution in [2.45, 2.75) is 36.2 Å². The van der Waals surface area contributed by atoms with E-state index < -0.39 is 21.3 Å². The molecule has 0 aliphatic heterocycles. The van der Waals surface area contributed by atoms with E-state index in [9.17, 15) is 0 Å². The van der Waals surface area contributed by atoms with Crippen molar-refractivity contribution in [2.24, 2.45) is 0 Å². The van der Waals surface area contributed by atoms with Crippen molar-refractivity contribution in [2.75, 3.05) is 0 Å². The minimum absolute atomic E-state index is 0.0343. The molecule has 0 N–H and O–H groups in total. The average molecular weight is 848 g/mol. The summed E-state index contributed by atoms with van der Waals surface area (Å²) in [5.41, 5.74) is 20.7. The van der Waals surface area contributed by atoms with E-state index in [1.807, 2.05) is 0 Å². The molecule has 0 heterocycles. The number of hydrogen-bond donors (Lipinski definition) is 0. The second kappa shape index (κ2) is 16.9. The first-order valence-corrected chi connectivity index (χ1v) is 25.4. The first kappa shape index (κ1) is 38.2. The SMILES string of the molecule is CCc1ccc2c(c1)[CH]([Zr]([C]1=C(c3ccccc3)C(c3ccccc3)=C(c3ccccc3)C1c1ccccc1)=[C](c1ccccc1)c1ccccc1)c1cc(CC)ccc1-2. The molecule has 1 atom stereocenters. The van der Waals surface area contributed by atoms with E-state index in [1.165, 1.54) is 83.5 Å².